The number of rotatable bonds is 6. The topological polar surface area (TPSA) is 78.0 Å². The molecule has 7 nitrogen and oxygen atoms in total. The Hall–Kier alpha value is -0.230. The van der Waals surface area contributed by atoms with Gasteiger partial charge in [-0.2, -0.15) is 21.3 Å². The van der Waals surface area contributed by atoms with Crippen LogP contribution >= 0.6 is 27.5 Å². The fourth-order valence-electron chi connectivity index (χ4n) is 2.68. The van der Waals surface area contributed by atoms with Crippen molar-refractivity contribution < 1.29 is 16.8 Å². The van der Waals surface area contributed by atoms with Gasteiger partial charge in [0, 0.05) is 43.7 Å². The van der Waals surface area contributed by atoms with Crippen molar-refractivity contribution >= 4 is 47.8 Å². The van der Waals surface area contributed by atoms with Gasteiger partial charge in [-0.1, -0.05) is 41.4 Å². The molecule has 25 heavy (non-hydrogen) atoms. The average Bonchev–Trinajstić information content (AvgIpc) is 2.55. The highest BCUT2D eigenvalue weighted by molar-refractivity contribution is 9.10. The SMILES string of the molecule is CCN(CC)S(=O)(=O)N1CCN(S(=O)(=O)c2ccc(Br)cc2Cl)CC1. The van der Waals surface area contributed by atoms with Crippen molar-refractivity contribution in [3.63, 3.8) is 0 Å². The van der Waals surface area contributed by atoms with Crippen LogP contribution in [0.15, 0.2) is 27.6 Å². The van der Waals surface area contributed by atoms with Gasteiger partial charge in [-0.05, 0) is 18.2 Å². The van der Waals surface area contributed by atoms with E-state index in [9.17, 15) is 16.8 Å². The molecule has 0 aliphatic carbocycles. The molecule has 142 valence electrons. The van der Waals surface area contributed by atoms with Gasteiger partial charge in [-0.3, -0.25) is 0 Å². The minimum Gasteiger partial charge on any atom is -0.207 e. The molecule has 1 aliphatic rings. The fraction of sp³-hybridized carbons (Fsp3) is 0.571. The molecule has 1 aromatic rings. The summed E-state index contributed by atoms with van der Waals surface area (Å²) in [7, 11) is -7.32. The molecular formula is C14H21BrClN3O4S2. The van der Waals surface area contributed by atoms with Crippen LogP contribution in [-0.2, 0) is 20.2 Å². The molecule has 0 aromatic heterocycles. The van der Waals surface area contributed by atoms with E-state index < -0.39 is 20.2 Å². The van der Waals surface area contributed by atoms with Gasteiger partial charge in [0.1, 0.15) is 4.90 Å². The van der Waals surface area contributed by atoms with E-state index in [4.69, 9.17) is 11.6 Å². The smallest absolute Gasteiger partial charge is 0.207 e. The highest BCUT2D eigenvalue weighted by Crippen LogP contribution is 2.28. The largest absolute Gasteiger partial charge is 0.282 e. The number of hydrogen-bond acceptors (Lipinski definition) is 4. The first-order chi connectivity index (χ1) is 11.6. The summed E-state index contributed by atoms with van der Waals surface area (Å²) in [4.78, 5) is 0.0254. The number of sulfonamides is 1. The zero-order valence-corrected chi connectivity index (χ0v) is 18.0. The monoisotopic (exact) mass is 473 g/mol. The molecule has 0 radical (unpaired) electrons. The summed E-state index contributed by atoms with van der Waals surface area (Å²) < 4.78 is 55.2. The van der Waals surface area contributed by atoms with Crippen LogP contribution in [0.2, 0.25) is 5.02 Å². The second kappa shape index (κ2) is 8.20. The lowest BCUT2D eigenvalue weighted by Gasteiger charge is -2.35. The highest BCUT2D eigenvalue weighted by Gasteiger charge is 2.35. The Labute approximate surface area is 162 Å². The Balaban J connectivity index is 2.16. The van der Waals surface area contributed by atoms with Gasteiger partial charge in [-0.15, -0.1) is 0 Å². The quantitative estimate of drug-likeness (QED) is 0.632. The van der Waals surface area contributed by atoms with Crippen molar-refractivity contribution in [2.24, 2.45) is 0 Å². The maximum Gasteiger partial charge on any atom is 0.282 e. The van der Waals surface area contributed by atoms with Crippen LogP contribution < -0.4 is 0 Å². The van der Waals surface area contributed by atoms with E-state index in [1.54, 1.807) is 19.9 Å². The highest BCUT2D eigenvalue weighted by atomic mass is 79.9. The Morgan fingerprint density at radius 3 is 2.04 bits per heavy atom. The lowest BCUT2D eigenvalue weighted by Crippen LogP contribution is -2.54. The third kappa shape index (κ3) is 4.37. The number of halogens is 2. The third-order valence-electron chi connectivity index (χ3n) is 4.07. The van der Waals surface area contributed by atoms with Gasteiger partial charge in [0.15, 0.2) is 0 Å². The van der Waals surface area contributed by atoms with Crippen molar-refractivity contribution in [2.75, 3.05) is 39.3 Å². The summed E-state index contributed by atoms with van der Waals surface area (Å²) in [5, 5.41) is 0.132. The van der Waals surface area contributed by atoms with Crippen molar-refractivity contribution in [3.05, 3.63) is 27.7 Å². The first kappa shape index (κ1) is 21.1. The zero-order valence-electron chi connectivity index (χ0n) is 14.0. The normalized spacial score (nSPS) is 18.0. The Bertz CT molecular complexity index is 820. The molecule has 2 rings (SSSR count). The number of piperazine rings is 1. The minimum absolute atomic E-state index is 0.0254. The van der Waals surface area contributed by atoms with Crippen molar-refractivity contribution in [1.29, 1.82) is 0 Å². The molecule has 1 aliphatic heterocycles. The molecule has 1 heterocycles. The molecule has 0 amide bonds. The summed E-state index contributed by atoms with van der Waals surface area (Å²) >= 11 is 9.31. The van der Waals surface area contributed by atoms with Gasteiger partial charge < -0.3 is 0 Å². The molecule has 1 fully saturated rings. The van der Waals surface area contributed by atoms with Gasteiger partial charge >= 0.3 is 0 Å². The van der Waals surface area contributed by atoms with Gasteiger partial charge in [0.2, 0.25) is 10.0 Å². The Morgan fingerprint density at radius 1 is 1.04 bits per heavy atom. The number of hydrogen-bond donors (Lipinski definition) is 0. The molecule has 0 unspecified atom stereocenters. The Kier molecular flexibility index (Phi) is 6.91. The first-order valence-electron chi connectivity index (χ1n) is 7.85. The molecular weight excluding hydrogens is 454 g/mol. The lowest BCUT2D eigenvalue weighted by molar-refractivity contribution is 0.256. The van der Waals surface area contributed by atoms with Crippen LogP contribution in [0.5, 0.6) is 0 Å². The molecule has 0 N–H and O–H groups in total. The van der Waals surface area contributed by atoms with Crippen LogP contribution in [0.3, 0.4) is 0 Å². The number of benzene rings is 1. The summed E-state index contributed by atoms with van der Waals surface area (Å²) in [5.41, 5.74) is 0. The molecule has 0 bridgehead atoms. The predicted molar refractivity (Wildman–Crippen MR) is 101 cm³/mol. The standard InChI is InChI=1S/C14H21BrClN3O4S2/c1-3-17(4-2)25(22,23)19-9-7-18(8-10-19)24(20,21)14-6-5-12(15)11-13(14)16/h5-6,11H,3-4,7-10H2,1-2H3. The molecule has 0 atom stereocenters. The summed E-state index contributed by atoms with van der Waals surface area (Å²) in [6.07, 6.45) is 0. The van der Waals surface area contributed by atoms with Gasteiger partial charge in [0.05, 0.1) is 5.02 Å². The van der Waals surface area contributed by atoms with Gasteiger partial charge in [0.25, 0.3) is 10.2 Å². The minimum atomic E-state index is -3.76. The molecule has 1 aromatic carbocycles. The molecule has 11 heteroatoms. The lowest BCUT2D eigenvalue weighted by atomic mass is 10.4. The number of nitrogens with zero attached hydrogens (tertiary/aromatic N) is 3. The third-order valence-corrected chi connectivity index (χ3v) is 9.13. The summed E-state index contributed by atoms with van der Waals surface area (Å²) in [6.45, 7) is 4.73. The van der Waals surface area contributed by atoms with Crippen molar-refractivity contribution in [3.8, 4) is 0 Å². The van der Waals surface area contributed by atoms with E-state index in [0.717, 1.165) is 0 Å². The Morgan fingerprint density at radius 2 is 1.56 bits per heavy atom. The van der Waals surface area contributed by atoms with E-state index in [-0.39, 0.29) is 36.1 Å². The maximum atomic E-state index is 12.8. The zero-order chi connectivity index (χ0) is 18.8. The molecule has 0 spiro atoms. The van der Waals surface area contributed by atoms with E-state index in [1.165, 1.54) is 25.0 Å². The molecule has 0 saturated carbocycles. The summed E-state index contributed by atoms with van der Waals surface area (Å²) in [6, 6.07) is 4.58. The summed E-state index contributed by atoms with van der Waals surface area (Å²) in [5.74, 6) is 0. The van der Waals surface area contributed by atoms with Crippen LogP contribution in [0.4, 0.5) is 0 Å². The van der Waals surface area contributed by atoms with Crippen LogP contribution in [0.25, 0.3) is 0 Å². The molecule has 1 saturated heterocycles. The van der Waals surface area contributed by atoms with Gasteiger partial charge in [-0.25, -0.2) is 8.42 Å². The van der Waals surface area contributed by atoms with Crippen LogP contribution in [0, 0.1) is 0 Å². The van der Waals surface area contributed by atoms with E-state index in [1.807, 2.05) is 0 Å². The van der Waals surface area contributed by atoms with E-state index >= 15 is 0 Å². The predicted octanol–water partition coefficient (Wildman–Crippen LogP) is 2.00. The van der Waals surface area contributed by atoms with Crippen LogP contribution in [-0.4, -0.2) is 69.0 Å². The van der Waals surface area contributed by atoms with E-state index in [2.05, 4.69) is 15.9 Å². The average molecular weight is 475 g/mol. The second-order valence-electron chi connectivity index (χ2n) is 5.47. The first-order valence-corrected chi connectivity index (χ1v) is 11.9. The van der Waals surface area contributed by atoms with Crippen molar-refractivity contribution in [2.45, 2.75) is 18.7 Å². The van der Waals surface area contributed by atoms with E-state index in [0.29, 0.717) is 17.6 Å². The fourth-order valence-corrected chi connectivity index (χ4v) is 6.71. The van der Waals surface area contributed by atoms with Crippen LogP contribution in [0.1, 0.15) is 13.8 Å². The second-order valence-corrected chi connectivity index (χ2v) is 10.6. The maximum absolute atomic E-state index is 12.8. The van der Waals surface area contributed by atoms with Crippen molar-refractivity contribution in [1.82, 2.24) is 12.9 Å².